The number of rotatable bonds is 8. The van der Waals surface area contributed by atoms with Crippen molar-refractivity contribution in [3.05, 3.63) is 35.5 Å². The van der Waals surface area contributed by atoms with Crippen LogP contribution in [0.25, 0.3) is 0 Å². The maximum absolute atomic E-state index is 12.5. The highest BCUT2D eigenvalue weighted by Crippen LogP contribution is 2.45. The van der Waals surface area contributed by atoms with Crippen LogP contribution < -0.4 is 0 Å². The molecule has 1 aliphatic heterocycles. The summed E-state index contributed by atoms with van der Waals surface area (Å²) in [5, 5.41) is 21.3. The number of aliphatic hydroxyl groups excluding tert-OH is 1. The van der Waals surface area contributed by atoms with Crippen LogP contribution in [0.1, 0.15) is 61.3 Å². The summed E-state index contributed by atoms with van der Waals surface area (Å²) in [7, 11) is 0. The van der Waals surface area contributed by atoms with Gasteiger partial charge in [0.05, 0.1) is 17.1 Å². The van der Waals surface area contributed by atoms with Crippen molar-refractivity contribution in [1.29, 1.82) is 0 Å². The van der Waals surface area contributed by atoms with E-state index in [1.54, 1.807) is 39.8 Å². The Hall–Kier alpha value is -1.67. The van der Waals surface area contributed by atoms with Crippen LogP contribution in [0.15, 0.2) is 35.5 Å². The third-order valence-corrected chi connectivity index (χ3v) is 7.49. The van der Waals surface area contributed by atoms with Gasteiger partial charge in [0.1, 0.15) is 17.8 Å². The molecule has 1 heterocycles. The molecule has 7 atom stereocenters. The number of epoxide rings is 1. The van der Waals surface area contributed by atoms with Crippen LogP contribution in [-0.2, 0) is 23.8 Å². The van der Waals surface area contributed by atoms with E-state index in [2.05, 4.69) is 6.58 Å². The van der Waals surface area contributed by atoms with Crippen LogP contribution in [0.3, 0.4) is 0 Å². The predicted molar refractivity (Wildman–Crippen MR) is 126 cm³/mol. The molecule has 0 spiro atoms. The Morgan fingerprint density at radius 2 is 1.70 bits per heavy atom. The Labute approximate surface area is 201 Å². The first-order valence-electron chi connectivity index (χ1n) is 11.3. The number of carbonyl (C=O) groups is 2. The molecule has 8 heteroatoms. The molecule has 186 valence electrons. The Morgan fingerprint density at radius 1 is 1.18 bits per heavy atom. The van der Waals surface area contributed by atoms with E-state index in [9.17, 15) is 19.8 Å². The zero-order valence-electron chi connectivity index (χ0n) is 20.6. The van der Waals surface area contributed by atoms with Gasteiger partial charge in [0.15, 0.2) is 6.10 Å². The van der Waals surface area contributed by atoms with Crippen molar-refractivity contribution < 1.29 is 34.0 Å². The minimum Gasteiger partial charge on any atom is -0.454 e. The lowest BCUT2D eigenvalue weighted by molar-refractivity contribution is -0.190. The lowest BCUT2D eigenvalue weighted by atomic mass is 9.71. The van der Waals surface area contributed by atoms with E-state index in [0.717, 1.165) is 0 Å². The van der Waals surface area contributed by atoms with Gasteiger partial charge in [-0.15, -0.1) is 11.6 Å². The molecule has 0 bridgehead atoms. The Morgan fingerprint density at radius 3 is 2.18 bits per heavy atom. The SMILES string of the molecule is C=C(C(CC1OC1(C)C)OC(=O)C(C)=CC)C1CC(Cl)C(C)(O)C(OC(=O)C(C)=CC)C1O. The monoisotopic (exact) mass is 484 g/mol. The van der Waals surface area contributed by atoms with Crippen molar-refractivity contribution in [2.24, 2.45) is 5.92 Å². The topological polar surface area (TPSA) is 106 Å². The first kappa shape index (κ1) is 27.6. The first-order chi connectivity index (χ1) is 15.2. The van der Waals surface area contributed by atoms with Crippen LogP contribution in [0, 0.1) is 5.92 Å². The summed E-state index contributed by atoms with van der Waals surface area (Å²) in [5.74, 6) is -1.83. The summed E-state index contributed by atoms with van der Waals surface area (Å²) in [6, 6.07) is 0. The second-order valence-corrected chi connectivity index (χ2v) is 10.2. The molecule has 0 aromatic carbocycles. The van der Waals surface area contributed by atoms with Gasteiger partial charge in [-0.1, -0.05) is 18.7 Å². The fourth-order valence-electron chi connectivity index (χ4n) is 3.93. The standard InChI is InChI=1S/C25H37ClO7/c1-9-13(3)22(28)31-17(12-19-24(6,7)33-19)15(5)16-11-18(26)25(8,30)21(20(16)27)32-23(29)14(4)10-2/h9-10,16-21,27,30H,5,11-12H2,1-4,6-8H3. The van der Waals surface area contributed by atoms with E-state index < -0.39 is 47.1 Å². The molecule has 2 N–H and O–H groups in total. The number of aliphatic hydroxyl groups is 2. The summed E-state index contributed by atoms with van der Waals surface area (Å²) in [6.45, 7) is 16.1. The Balaban J connectivity index is 2.31. The van der Waals surface area contributed by atoms with Gasteiger partial charge >= 0.3 is 11.9 Å². The maximum atomic E-state index is 12.5. The lowest BCUT2D eigenvalue weighted by Crippen LogP contribution is -2.62. The van der Waals surface area contributed by atoms with Gasteiger partial charge in [-0.25, -0.2) is 9.59 Å². The highest BCUT2D eigenvalue weighted by atomic mass is 35.5. The molecule has 0 amide bonds. The average molecular weight is 485 g/mol. The van der Waals surface area contributed by atoms with Crippen molar-refractivity contribution in [3.8, 4) is 0 Å². The molecule has 1 saturated carbocycles. The van der Waals surface area contributed by atoms with Crippen molar-refractivity contribution >= 4 is 23.5 Å². The number of hydrogen-bond donors (Lipinski definition) is 2. The Bertz CT molecular complexity index is 842. The second kappa shape index (κ2) is 10.3. The number of hydrogen-bond acceptors (Lipinski definition) is 7. The van der Waals surface area contributed by atoms with Gasteiger partial charge in [0.2, 0.25) is 0 Å². The zero-order valence-corrected chi connectivity index (χ0v) is 21.3. The number of carbonyl (C=O) groups excluding carboxylic acids is 2. The number of alkyl halides is 1. The van der Waals surface area contributed by atoms with E-state index >= 15 is 0 Å². The van der Waals surface area contributed by atoms with Crippen LogP contribution in [0.4, 0.5) is 0 Å². The van der Waals surface area contributed by atoms with Gasteiger partial charge in [-0.2, -0.15) is 0 Å². The molecule has 7 nitrogen and oxygen atoms in total. The van der Waals surface area contributed by atoms with Gasteiger partial charge in [-0.05, 0) is 60.5 Å². The highest BCUT2D eigenvalue weighted by Gasteiger charge is 2.55. The van der Waals surface area contributed by atoms with Crippen LogP contribution in [-0.4, -0.2) is 63.1 Å². The van der Waals surface area contributed by atoms with Crippen molar-refractivity contribution in [3.63, 3.8) is 0 Å². The summed E-state index contributed by atoms with van der Waals surface area (Å²) >= 11 is 6.50. The van der Waals surface area contributed by atoms with E-state index in [-0.39, 0.29) is 18.1 Å². The number of esters is 2. The zero-order chi connectivity index (χ0) is 25.3. The number of halogens is 1. The van der Waals surface area contributed by atoms with E-state index in [0.29, 0.717) is 23.1 Å². The maximum Gasteiger partial charge on any atom is 0.333 e. The van der Waals surface area contributed by atoms with Gasteiger partial charge in [0, 0.05) is 23.5 Å². The molecular formula is C25H37ClO7. The van der Waals surface area contributed by atoms with Crippen LogP contribution in [0.2, 0.25) is 0 Å². The van der Waals surface area contributed by atoms with Gasteiger partial charge in [-0.3, -0.25) is 0 Å². The number of ether oxygens (including phenoxy) is 3. The Kier molecular flexibility index (Phi) is 8.61. The summed E-state index contributed by atoms with van der Waals surface area (Å²) in [5.41, 5.74) is -0.786. The fourth-order valence-corrected chi connectivity index (χ4v) is 4.25. The number of allylic oxidation sites excluding steroid dienone is 2. The van der Waals surface area contributed by atoms with Crippen molar-refractivity contribution in [1.82, 2.24) is 0 Å². The minimum absolute atomic E-state index is 0.139. The predicted octanol–water partition coefficient (Wildman–Crippen LogP) is 3.61. The van der Waals surface area contributed by atoms with E-state index in [1.165, 1.54) is 6.92 Å². The molecule has 7 unspecified atom stereocenters. The third kappa shape index (κ3) is 6.07. The van der Waals surface area contributed by atoms with Gasteiger partial charge < -0.3 is 24.4 Å². The third-order valence-electron chi connectivity index (χ3n) is 6.87. The van der Waals surface area contributed by atoms with E-state index in [4.69, 9.17) is 25.8 Å². The molecule has 0 aromatic rings. The van der Waals surface area contributed by atoms with Crippen LogP contribution in [0.5, 0.6) is 0 Å². The molecule has 33 heavy (non-hydrogen) atoms. The molecule has 2 rings (SSSR count). The molecule has 0 aromatic heterocycles. The lowest BCUT2D eigenvalue weighted by Gasteiger charge is -2.47. The second-order valence-electron chi connectivity index (χ2n) is 9.71. The molecular weight excluding hydrogens is 448 g/mol. The molecule has 1 aliphatic carbocycles. The normalized spacial score (nSPS) is 34.9. The van der Waals surface area contributed by atoms with Crippen molar-refractivity contribution in [2.75, 3.05) is 0 Å². The summed E-state index contributed by atoms with van der Waals surface area (Å²) < 4.78 is 16.9. The van der Waals surface area contributed by atoms with E-state index in [1.807, 2.05) is 13.8 Å². The first-order valence-corrected chi connectivity index (χ1v) is 11.7. The molecule has 1 saturated heterocycles. The average Bonchev–Trinajstić information content (AvgIpc) is 3.36. The summed E-state index contributed by atoms with van der Waals surface area (Å²) in [4.78, 5) is 24.9. The molecule has 2 aliphatic rings. The van der Waals surface area contributed by atoms with Gasteiger partial charge in [0.25, 0.3) is 0 Å². The largest absolute Gasteiger partial charge is 0.454 e. The summed E-state index contributed by atoms with van der Waals surface area (Å²) in [6.07, 6.45) is 0.282. The van der Waals surface area contributed by atoms with Crippen molar-refractivity contribution in [2.45, 2.75) is 102 Å². The smallest absolute Gasteiger partial charge is 0.333 e. The molecule has 2 fully saturated rings. The quantitative estimate of drug-likeness (QED) is 0.178. The van der Waals surface area contributed by atoms with Crippen LogP contribution >= 0.6 is 11.6 Å². The highest BCUT2D eigenvalue weighted by molar-refractivity contribution is 6.21. The fraction of sp³-hybridized carbons (Fsp3) is 0.680. The molecule has 0 radical (unpaired) electrons. The minimum atomic E-state index is -1.67.